The molecule has 0 spiro atoms. The Labute approximate surface area is 118 Å². The van der Waals surface area contributed by atoms with Crippen LogP contribution in [0.1, 0.15) is 25.8 Å². The van der Waals surface area contributed by atoms with Gasteiger partial charge in [0.05, 0.1) is 0 Å². The van der Waals surface area contributed by atoms with E-state index >= 15 is 0 Å². The number of hydrogen-bond acceptors (Lipinski definition) is 0. The summed E-state index contributed by atoms with van der Waals surface area (Å²) in [5.74, 6) is 0. The van der Waals surface area contributed by atoms with Crippen LogP contribution < -0.4 is 0 Å². The molecule has 92 valence electrons. The highest BCUT2D eigenvalue weighted by molar-refractivity contribution is 9.10. The summed E-state index contributed by atoms with van der Waals surface area (Å²) in [5.41, 5.74) is 5.40. The molecule has 0 amide bonds. The van der Waals surface area contributed by atoms with Gasteiger partial charge < -0.3 is 0 Å². The van der Waals surface area contributed by atoms with E-state index in [4.69, 9.17) is 0 Å². The Hall–Kier alpha value is -1.34. The van der Waals surface area contributed by atoms with Gasteiger partial charge in [0.2, 0.25) is 0 Å². The van der Waals surface area contributed by atoms with Crippen LogP contribution in [0.25, 0.3) is 5.57 Å². The Morgan fingerprint density at radius 3 is 2.39 bits per heavy atom. The average molecular weight is 301 g/mol. The molecule has 1 aromatic rings. The molecule has 0 nitrogen and oxygen atoms in total. The molecule has 1 heteroatoms. The standard InChI is InChI=1S/C17H17Br/c1-13-7-5-3-4-6-8-17(14(13)2)15-9-11-16(18)12-10-15/h3-7,9-12H,8H2,1-2H3/b5-3-,6-4+,13-7+,17-14+. The molecule has 1 aliphatic carbocycles. The molecule has 0 N–H and O–H groups in total. The molecule has 0 radical (unpaired) electrons. The maximum atomic E-state index is 3.49. The summed E-state index contributed by atoms with van der Waals surface area (Å²) in [5, 5.41) is 0. The maximum absolute atomic E-state index is 3.49. The van der Waals surface area contributed by atoms with Crippen LogP contribution in [-0.2, 0) is 0 Å². The molecular weight excluding hydrogens is 284 g/mol. The predicted octanol–water partition coefficient (Wildman–Crippen LogP) is 5.69. The monoisotopic (exact) mass is 300 g/mol. The molecular formula is C17H17Br. The summed E-state index contributed by atoms with van der Waals surface area (Å²) in [6.07, 6.45) is 11.7. The lowest BCUT2D eigenvalue weighted by atomic mass is 9.94. The van der Waals surface area contributed by atoms with Crippen molar-refractivity contribution in [2.45, 2.75) is 20.3 Å². The minimum absolute atomic E-state index is 0.975. The van der Waals surface area contributed by atoms with E-state index < -0.39 is 0 Å². The van der Waals surface area contributed by atoms with Crippen LogP contribution >= 0.6 is 15.9 Å². The van der Waals surface area contributed by atoms with Gasteiger partial charge in [-0.25, -0.2) is 0 Å². The fraction of sp³-hybridized carbons (Fsp3) is 0.176. The molecule has 18 heavy (non-hydrogen) atoms. The smallest absolute Gasteiger partial charge is 0.0175 e. The van der Waals surface area contributed by atoms with Gasteiger partial charge in [-0.2, -0.15) is 0 Å². The van der Waals surface area contributed by atoms with E-state index in [1.54, 1.807) is 0 Å². The molecule has 0 saturated heterocycles. The third-order valence-corrected chi connectivity index (χ3v) is 3.79. The first-order valence-corrected chi connectivity index (χ1v) is 6.94. The van der Waals surface area contributed by atoms with Crippen LogP contribution in [0.15, 0.2) is 70.3 Å². The number of halogens is 1. The molecule has 0 aromatic heterocycles. The summed E-state index contributed by atoms with van der Waals surface area (Å²) in [6.45, 7) is 4.38. The minimum Gasteiger partial charge on any atom is -0.0801 e. The topological polar surface area (TPSA) is 0 Å². The van der Waals surface area contributed by atoms with Crippen LogP contribution in [0, 0.1) is 0 Å². The molecule has 0 heterocycles. The average Bonchev–Trinajstić information content (AvgIpc) is 2.45. The van der Waals surface area contributed by atoms with Gasteiger partial charge in [0.15, 0.2) is 0 Å². The molecule has 0 aliphatic heterocycles. The second kappa shape index (κ2) is 6.01. The molecule has 0 bridgehead atoms. The third kappa shape index (κ3) is 3.11. The number of rotatable bonds is 1. The summed E-state index contributed by atoms with van der Waals surface area (Å²) in [6, 6.07) is 8.55. The minimum atomic E-state index is 0.975. The third-order valence-electron chi connectivity index (χ3n) is 3.26. The number of hydrogen-bond donors (Lipinski definition) is 0. The molecule has 0 unspecified atom stereocenters. The lowest BCUT2D eigenvalue weighted by molar-refractivity contribution is 1.28. The molecule has 2 rings (SSSR count). The van der Waals surface area contributed by atoms with Gasteiger partial charge in [-0.3, -0.25) is 0 Å². The van der Waals surface area contributed by atoms with Gasteiger partial charge in [-0.1, -0.05) is 58.4 Å². The second-order valence-electron chi connectivity index (χ2n) is 4.48. The molecule has 1 aromatic carbocycles. The van der Waals surface area contributed by atoms with Crippen molar-refractivity contribution in [3.8, 4) is 0 Å². The van der Waals surface area contributed by atoms with Crippen molar-refractivity contribution in [1.29, 1.82) is 0 Å². The van der Waals surface area contributed by atoms with Crippen LogP contribution in [0.4, 0.5) is 0 Å². The Kier molecular flexibility index (Phi) is 4.38. The van der Waals surface area contributed by atoms with Gasteiger partial charge >= 0.3 is 0 Å². The zero-order valence-electron chi connectivity index (χ0n) is 10.8. The van der Waals surface area contributed by atoms with Crippen molar-refractivity contribution in [3.63, 3.8) is 0 Å². The number of allylic oxidation sites excluding steroid dienone is 8. The van der Waals surface area contributed by atoms with Crippen LogP contribution in [0.2, 0.25) is 0 Å². The highest BCUT2D eigenvalue weighted by Crippen LogP contribution is 2.28. The van der Waals surface area contributed by atoms with E-state index in [0.29, 0.717) is 0 Å². The molecule has 0 saturated carbocycles. The van der Waals surface area contributed by atoms with E-state index in [2.05, 4.69) is 84.4 Å². The molecule has 0 fully saturated rings. The first-order chi connectivity index (χ1) is 8.68. The van der Waals surface area contributed by atoms with E-state index in [9.17, 15) is 0 Å². The van der Waals surface area contributed by atoms with Crippen molar-refractivity contribution in [1.82, 2.24) is 0 Å². The molecule has 1 aliphatic rings. The van der Waals surface area contributed by atoms with Crippen LogP contribution in [0.5, 0.6) is 0 Å². The van der Waals surface area contributed by atoms with Crippen molar-refractivity contribution in [2.75, 3.05) is 0 Å². The van der Waals surface area contributed by atoms with Crippen LogP contribution in [-0.4, -0.2) is 0 Å². The van der Waals surface area contributed by atoms with Crippen molar-refractivity contribution >= 4 is 21.5 Å². The predicted molar refractivity (Wildman–Crippen MR) is 83.4 cm³/mol. The summed E-state index contributed by atoms with van der Waals surface area (Å²) in [4.78, 5) is 0. The van der Waals surface area contributed by atoms with Crippen molar-refractivity contribution in [2.24, 2.45) is 0 Å². The fourth-order valence-electron chi connectivity index (χ4n) is 2.03. The Morgan fingerprint density at radius 2 is 1.67 bits per heavy atom. The summed E-state index contributed by atoms with van der Waals surface area (Å²) < 4.78 is 1.12. The van der Waals surface area contributed by atoms with Gasteiger partial charge in [0.25, 0.3) is 0 Å². The van der Waals surface area contributed by atoms with Gasteiger partial charge in [-0.05, 0) is 54.7 Å². The van der Waals surface area contributed by atoms with E-state index in [-0.39, 0.29) is 0 Å². The zero-order chi connectivity index (χ0) is 13.0. The van der Waals surface area contributed by atoms with Gasteiger partial charge in [-0.15, -0.1) is 0 Å². The van der Waals surface area contributed by atoms with Gasteiger partial charge in [0.1, 0.15) is 0 Å². The van der Waals surface area contributed by atoms with E-state index in [0.717, 1.165) is 10.9 Å². The van der Waals surface area contributed by atoms with Gasteiger partial charge in [0, 0.05) is 4.47 Å². The highest BCUT2D eigenvalue weighted by atomic mass is 79.9. The lowest BCUT2D eigenvalue weighted by Crippen LogP contribution is -1.90. The van der Waals surface area contributed by atoms with E-state index in [1.807, 2.05) is 0 Å². The Balaban J connectivity index is 2.48. The van der Waals surface area contributed by atoms with E-state index in [1.165, 1.54) is 22.3 Å². The second-order valence-corrected chi connectivity index (χ2v) is 5.39. The van der Waals surface area contributed by atoms with Crippen LogP contribution in [0.3, 0.4) is 0 Å². The summed E-state index contributed by atoms with van der Waals surface area (Å²) in [7, 11) is 0. The largest absolute Gasteiger partial charge is 0.0801 e. The Morgan fingerprint density at radius 1 is 0.944 bits per heavy atom. The maximum Gasteiger partial charge on any atom is 0.0175 e. The Bertz CT molecular complexity index is 539. The zero-order valence-corrected chi connectivity index (χ0v) is 12.4. The summed E-state index contributed by atoms with van der Waals surface area (Å²) >= 11 is 3.49. The fourth-order valence-corrected chi connectivity index (χ4v) is 2.29. The molecule has 0 atom stereocenters. The first kappa shape index (κ1) is 13.1. The SMILES string of the molecule is CC1=C\C=C/C=C/C/C(c2ccc(Br)cc2)=C\1C. The van der Waals surface area contributed by atoms with Crippen molar-refractivity contribution in [3.05, 3.63) is 75.8 Å². The quantitative estimate of drug-likeness (QED) is 0.625. The number of benzene rings is 1. The highest BCUT2D eigenvalue weighted by Gasteiger charge is 2.06. The lowest BCUT2D eigenvalue weighted by Gasteiger charge is -2.12. The van der Waals surface area contributed by atoms with Crippen molar-refractivity contribution < 1.29 is 0 Å². The first-order valence-electron chi connectivity index (χ1n) is 6.14. The normalized spacial score (nSPS) is 26.5.